The molecule has 0 unspecified atom stereocenters. The molecular weight excluding hydrogens is 496 g/mol. The van der Waals surface area contributed by atoms with Crippen LogP contribution in [0, 0.1) is 6.92 Å². The lowest BCUT2D eigenvalue weighted by molar-refractivity contribution is -0.122. The minimum atomic E-state index is -1.09. The second kappa shape index (κ2) is 8.52. The number of carbonyl (C=O) groups excluding carboxylic acids is 2. The number of aryl methyl sites for hydroxylation is 1. The Kier molecular flexibility index (Phi) is 5.77. The van der Waals surface area contributed by atoms with Gasteiger partial charge in [0.05, 0.1) is 11.3 Å². The van der Waals surface area contributed by atoms with E-state index < -0.39 is 17.8 Å². The molecule has 1 saturated heterocycles. The van der Waals surface area contributed by atoms with Crippen molar-refractivity contribution in [2.75, 3.05) is 4.90 Å². The third kappa shape index (κ3) is 4.00. The first-order valence-electron chi connectivity index (χ1n) is 9.36. The lowest BCUT2D eigenvalue weighted by atomic mass is 10.1. The third-order valence-corrected chi connectivity index (χ3v) is 5.62. The zero-order valence-corrected chi connectivity index (χ0v) is 19.0. The van der Waals surface area contributed by atoms with Gasteiger partial charge in [0.25, 0.3) is 11.8 Å². The lowest BCUT2D eigenvalue weighted by Gasteiger charge is -2.29. The van der Waals surface area contributed by atoms with Crippen LogP contribution in [0.3, 0.4) is 0 Å². The van der Waals surface area contributed by atoms with Crippen LogP contribution in [0.25, 0.3) is 17.4 Å². The topological polar surface area (TPSA) is 99.8 Å². The van der Waals surface area contributed by atoms with Crippen molar-refractivity contribution in [1.82, 2.24) is 5.32 Å². The number of amides is 2. The molecule has 1 aromatic heterocycles. The van der Waals surface area contributed by atoms with Gasteiger partial charge in [-0.2, -0.15) is 0 Å². The molecular formula is C23H15BrN2O5S. The van der Waals surface area contributed by atoms with E-state index in [0.29, 0.717) is 17.0 Å². The minimum absolute atomic E-state index is 0.0157. The number of carboxylic acids is 1. The maximum atomic E-state index is 13.2. The van der Waals surface area contributed by atoms with Gasteiger partial charge < -0.3 is 9.52 Å². The highest BCUT2D eigenvalue weighted by atomic mass is 79.9. The molecule has 7 nitrogen and oxygen atoms in total. The molecule has 0 bridgehead atoms. The largest absolute Gasteiger partial charge is 0.478 e. The van der Waals surface area contributed by atoms with Crippen LogP contribution in [0.2, 0.25) is 0 Å². The normalized spacial score (nSPS) is 15.2. The number of thiocarbonyl (C=S) groups is 1. The van der Waals surface area contributed by atoms with Crippen molar-refractivity contribution in [3.8, 4) is 11.3 Å². The predicted molar refractivity (Wildman–Crippen MR) is 126 cm³/mol. The highest BCUT2D eigenvalue weighted by molar-refractivity contribution is 9.10. The summed E-state index contributed by atoms with van der Waals surface area (Å²) in [5.41, 5.74) is 1.64. The van der Waals surface area contributed by atoms with Crippen LogP contribution in [0.5, 0.6) is 0 Å². The molecule has 9 heteroatoms. The number of furan rings is 1. The highest BCUT2D eigenvalue weighted by Crippen LogP contribution is 2.30. The summed E-state index contributed by atoms with van der Waals surface area (Å²) >= 11 is 8.62. The summed E-state index contributed by atoms with van der Waals surface area (Å²) in [5, 5.41) is 11.9. The van der Waals surface area contributed by atoms with Crippen molar-refractivity contribution < 1.29 is 23.9 Å². The average molecular weight is 511 g/mol. The molecule has 2 N–H and O–H groups in total. The van der Waals surface area contributed by atoms with E-state index in [-0.39, 0.29) is 22.0 Å². The Hall–Kier alpha value is -3.56. The molecule has 0 aliphatic carbocycles. The molecule has 1 aliphatic heterocycles. The van der Waals surface area contributed by atoms with E-state index in [1.165, 1.54) is 17.0 Å². The average Bonchev–Trinajstić information content (AvgIpc) is 3.21. The summed E-state index contributed by atoms with van der Waals surface area (Å²) in [4.78, 5) is 38.4. The smallest absolute Gasteiger partial charge is 0.336 e. The van der Waals surface area contributed by atoms with Crippen LogP contribution >= 0.6 is 28.1 Å². The highest BCUT2D eigenvalue weighted by Gasteiger charge is 2.35. The summed E-state index contributed by atoms with van der Waals surface area (Å²) in [6.07, 6.45) is 1.31. The van der Waals surface area contributed by atoms with Crippen LogP contribution in [0.1, 0.15) is 21.7 Å². The van der Waals surface area contributed by atoms with Crippen LogP contribution in [0.4, 0.5) is 5.69 Å². The van der Waals surface area contributed by atoms with Crippen molar-refractivity contribution >= 4 is 62.8 Å². The second-order valence-electron chi connectivity index (χ2n) is 6.94. The number of nitrogens with zero attached hydrogens (tertiary/aromatic N) is 1. The number of carboxylic acid groups (broad SMARTS) is 1. The Balaban J connectivity index is 1.71. The number of rotatable bonds is 4. The maximum Gasteiger partial charge on any atom is 0.336 e. The summed E-state index contributed by atoms with van der Waals surface area (Å²) in [6.45, 7) is 1.83. The molecule has 2 amide bonds. The maximum absolute atomic E-state index is 13.2. The summed E-state index contributed by atoms with van der Waals surface area (Å²) in [7, 11) is 0. The molecule has 2 aromatic carbocycles. The molecule has 1 aliphatic rings. The van der Waals surface area contributed by atoms with Crippen LogP contribution in [-0.2, 0) is 9.59 Å². The third-order valence-electron chi connectivity index (χ3n) is 4.84. The van der Waals surface area contributed by atoms with E-state index in [0.717, 1.165) is 10.0 Å². The van der Waals surface area contributed by atoms with E-state index in [1.807, 2.05) is 13.0 Å². The summed E-state index contributed by atoms with van der Waals surface area (Å²) < 4.78 is 6.58. The van der Waals surface area contributed by atoms with Crippen molar-refractivity contribution in [3.05, 3.63) is 81.5 Å². The number of halogens is 1. The van der Waals surface area contributed by atoms with Crippen LogP contribution in [0.15, 0.2) is 69.1 Å². The Labute approximate surface area is 196 Å². The molecule has 0 radical (unpaired) electrons. The van der Waals surface area contributed by atoms with Gasteiger partial charge >= 0.3 is 5.97 Å². The van der Waals surface area contributed by atoms with Gasteiger partial charge in [0.2, 0.25) is 0 Å². The van der Waals surface area contributed by atoms with Gasteiger partial charge in [-0.05, 0) is 67.2 Å². The van der Waals surface area contributed by atoms with Gasteiger partial charge in [0.15, 0.2) is 5.11 Å². The van der Waals surface area contributed by atoms with Gasteiger partial charge in [-0.1, -0.05) is 34.1 Å². The molecule has 0 spiro atoms. The standard InChI is InChI=1S/C23H15BrN2O5S/c1-12-10-13(24)6-8-18(12)26-21(28)17(20(27)25-23(26)32)11-14-7-9-19(31-14)15-4-2-3-5-16(15)22(29)30/h2-11H,1H3,(H,29,30)(H,25,27,32)/b17-11-. The summed E-state index contributed by atoms with van der Waals surface area (Å²) in [5.74, 6) is -1.80. The number of hydrogen-bond donors (Lipinski definition) is 2. The minimum Gasteiger partial charge on any atom is -0.478 e. The SMILES string of the molecule is Cc1cc(Br)ccc1N1C(=O)/C(=C\c2ccc(-c3ccccc3C(=O)O)o2)C(=O)NC1=S. The molecule has 160 valence electrons. The lowest BCUT2D eigenvalue weighted by Crippen LogP contribution is -2.54. The number of carbonyl (C=O) groups is 3. The first-order chi connectivity index (χ1) is 15.3. The van der Waals surface area contributed by atoms with Gasteiger partial charge in [-0.25, -0.2) is 4.79 Å². The van der Waals surface area contributed by atoms with Crippen molar-refractivity contribution in [2.24, 2.45) is 0 Å². The van der Waals surface area contributed by atoms with Gasteiger partial charge in [0, 0.05) is 10.0 Å². The fourth-order valence-electron chi connectivity index (χ4n) is 3.35. The molecule has 0 atom stereocenters. The molecule has 3 aromatic rings. The fourth-order valence-corrected chi connectivity index (χ4v) is 4.10. The van der Waals surface area contributed by atoms with Gasteiger partial charge in [-0.3, -0.25) is 19.8 Å². The fraction of sp³-hybridized carbons (Fsp3) is 0.0435. The predicted octanol–water partition coefficient (Wildman–Crippen LogP) is 4.55. The van der Waals surface area contributed by atoms with Crippen LogP contribution < -0.4 is 10.2 Å². The van der Waals surface area contributed by atoms with E-state index in [9.17, 15) is 19.5 Å². The van der Waals surface area contributed by atoms with Crippen molar-refractivity contribution in [2.45, 2.75) is 6.92 Å². The van der Waals surface area contributed by atoms with E-state index in [2.05, 4.69) is 21.2 Å². The van der Waals surface area contributed by atoms with Crippen molar-refractivity contribution in [1.29, 1.82) is 0 Å². The van der Waals surface area contributed by atoms with Crippen molar-refractivity contribution in [3.63, 3.8) is 0 Å². The zero-order valence-electron chi connectivity index (χ0n) is 16.6. The number of aromatic carboxylic acids is 1. The molecule has 1 fully saturated rings. The summed E-state index contributed by atoms with van der Waals surface area (Å²) in [6, 6.07) is 14.9. The number of hydrogen-bond acceptors (Lipinski definition) is 5. The van der Waals surface area contributed by atoms with E-state index in [1.54, 1.807) is 42.5 Å². The van der Waals surface area contributed by atoms with Crippen LogP contribution in [-0.4, -0.2) is 28.0 Å². The first kappa shape index (κ1) is 21.7. The number of anilines is 1. The second-order valence-corrected chi connectivity index (χ2v) is 8.24. The molecule has 4 rings (SSSR count). The quantitative estimate of drug-likeness (QED) is 0.303. The van der Waals surface area contributed by atoms with E-state index in [4.69, 9.17) is 16.6 Å². The Morgan fingerprint density at radius 2 is 1.91 bits per heavy atom. The van der Waals surface area contributed by atoms with E-state index >= 15 is 0 Å². The number of benzene rings is 2. The Morgan fingerprint density at radius 3 is 2.62 bits per heavy atom. The molecule has 32 heavy (non-hydrogen) atoms. The first-order valence-corrected chi connectivity index (χ1v) is 10.6. The molecule has 0 saturated carbocycles. The Bertz CT molecular complexity index is 1330. The van der Waals surface area contributed by atoms with Gasteiger partial charge in [0.1, 0.15) is 17.1 Å². The Morgan fingerprint density at radius 1 is 1.16 bits per heavy atom. The van der Waals surface area contributed by atoms with Gasteiger partial charge in [-0.15, -0.1) is 0 Å². The number of nitrogens with one attached hydrogen (secondary N) is 1. The zero-order chi connectivity index (χ0) is 23.0. The molecule has 2 heterocycles. The monoisotopic (exact) mass is 510 g/mol.